The fourth-order valence-electron chi connectivity index (χ4n) is 2.30. The van der Waals surface area contributed by atoms with Gasteiger partial charge >= 0.3 is 0 Å². The Hall–Kier alpha value is -3.23. The number of hydrogen-bond donors (Lipinski definition) is 2. The molecule has 0 fully saturated rings. The molecule has 122 valence electrons. The highest BCUT2D eigenvalue weighted by atomic mass is 19.2. The lowest BCUT2D eigenvalue weighted by Gasteiger charge is -2.07. The number of halogens is 2. The minimum absolute atomic E-state index is 0.0353. The minimum atomic E-state index is -1.07. The van der Waals surface area contributed by atoms with Crippen LogP contribution in [-0.4, -0.2) is 31.8 Å². The van der Waals surface area contributed by atoms with E-state index in [1.54, 1.807) is 6.92 Å². The summed E-state index contributed by atoms with van der Waals surface area (Å²) in [6.45, 7) is 1.68. The van der Waals surface area contributed by atoms with E-state index in [4.69, 9.17) is 10.8 Å². The van der Waals surface area contributed by atoms with Crippen molar-refractivity contribution in [1.82, 2.24) is 19.9 Å². The van der Waals surface area contributed by atoms with Gasteiger partial charge < -0.3 is 15.4 Å². The molecule has 3 aromatic rings. The zero-order chi connectivity index (χ0) is 17.3. The molecule has 2 N–H and O–H groups in total. The first kappa shape index (κ1) is 15.7. The van der Waals surface area contributed by atoms with Gasteiger partial charge in [0.2, 0.25) is 0 Å². The summed E-state index contributed by atoms with van der Waals surface area (Å²) in [4.78, 5) is 4.13. The van der Waals surface area contributed by atoms with E-state index in [-0.39, 0.29) is 29.3 Å². The molecular formula is C15H12F2N6O. The van der Waals surface area contributed by atoms with Crippen LogP contribution in [0.4, 0.5) is 8.78 Å². The van der Waals surface area contributed by atoms with Crippen molar-refractivity contribution in [2.75, 3.05) is 0 Å². The highest BCUT2D eigenvalue weighted by molar-refractivity contribution is 5.96. The van der Waals surface area contributed by atoms with Crippen molar-refractivity contribution < 1.29 is 13.4 Å². The van der Waals surface area contributed by atoms with Crippen molar-refractivity contribution in [2.45, 2.75) is 13.5 Å². The molecule has 0 aliphatic carbocycles. The number of nitrogens with zero attached hydrogens (tertiary/aromatic N) is 4. The lowest BCUT2D eigenvalue weighted by atomic mass is 10.2. The molecule has 0 unspecified atom stereocenters. The molecule has 7 nitrogen and oxygen atoms in total. The van der Waals surface area contributed by atoms with Crippen LogP contribution >= 0.6 is 0 Å². The highest BCUT2D eigenvalue weighted by Crippen LogP contribution is 2.27. The summed E-state index contributed by atoms with van der Waals surface area (Å²) in [6, 6.07) is 2.39. The summed E-state index contributed by atoms with van der Waals surface area (Å²) in [7, 11) is 0. The maximum atomic E-state index is 14.1. The molecule has 1 aromatic carbocycles. The van der Waals surface area contributed by atoms with E-state index in [1.165, 1.54) is 22.8 Å². The number of imidazole rings is 1. The average Bonchev–Trinajstić information content (AvgIpc) is 3.13. The number of allylic oxidation sites excluding steroid dienone is 2. The Morgan fingerprint density at radius 1 is 1.33 bits per heavy atom. The normalized spacial score (nSPS) is 11.5. The fourth-order valence-corrected chi connectivity index (χ4v) is 2.30. The van der Waals surface area contributed by atoms with Crippen LogP contribution in [0.15, 0.2) is 28.9 Å². The zero-order valence-electron chi connectivity index (χ0n) is 12.5. The Morgan fingerprint density at radius 3 is 2.79 bits per heavy atom. The topological polar surface area (TPSA) is 104 Å². The molecule has 3 rings (SSSR count). The summed E-state index contributed by atoms with van der Waals surface area (Å²) >= 11 is 0. The van der Waals surface area contributed by atoms with Crippen molar-refractivity contribution >= 4 is 23.0 Å². The van der Waals surface area contributed by atoms with Crippen LogP contribution in [-0.2, 0) is 6.54 Å². The zero-order valence-corrected chi connectivity index (χ0v) is 12.5. The predicted molar refractivity (Wildman–Crippen MR) is 83.3 cm³/mol. The van der Waals surface area contributed by atoms with Crippen LogP contribution in [0, 0.1) is 29.4 Å². The second-order valence-corrected chi connectivity index (χ2v) is 5.00. The van der Waals surface area contributed by atoms with Gasteiger partial charge in [-0.1, -0.05) is 5.16 Å². The van der Waals surface area contributed by atoms with Gasteiger partial charge in [-0.05, 0) is 36.4 Å². The quantitative estimate of drug-likeness (QED) is 0.702. The summed E-state index contributed by atoms with van der Waals surface area (Å²) < 4.78 is 33.7. The molecular weight excluding hydrogens is 318 g/mol. The number of hydrogen-bond acceptors (Lipinski definition) is 6. The summed E-state index contributed by atoms with van der Waals surface area (Å²) in [5, 5.41) is 22.3. The third-order valence-corrected chi connectivity index (χ3v) is 3.40. The van der Waals surface area contributed by atoms with E-state index in [9.17, 15) is 8.78 Å². The maximum absolute atomic E-state index is 14.1. The first-order chi connectivity index (χ1) is 11.5. The largest absolute Gasteiger partial charge is 0.316 e. The Kier molecular flexibility index (Phi) is 3.98. The van der Waals surface area contributed by atoms with E-state index < -0.39 is 11.6 Å². The van der Waals surface area contributed by atoms with Crippen LogP contribution in [0.1, 0.15) is 5.69 Å². The highest BCUT2D eigenvalue weighted by Gasteiger charge is 2.22. The van der Waals surface area contributed by atoms with E-state index in [1.807, 2.05) is 0 Å². The molecule has 0 atom stereocenters. The average molecular weight is 330 g/mol. The number of fused-ring (bicyclic) bond motifs is 1. The van der Waals surface area contributed by atoms with E-state index in [0.29, 0.717) is 11.2 Å². The number of rotatable bonds is 5. The van der Waals surface area contributed by atoms with Gasteiger partial charge in [-0.2, -0.15) is 0 Å². The summed E-state index contributed by atoms with van der Waals surface area (Å²) in [6.07, 6.45) is 3.86. The molecule has 0 saturated carbocycles. The van der Waals surface area contributed by atoms with Gasteiger partial charge in [-0.25, -0.2) is 18.4 Å². The van der Waals surface area contributed by atoms with E-state index in [0.717, 1.165) is 12.3 Å². The molecule has 0 aliphatic rings. The van der Waals surface area contributed by atoms with E-state index >= 15 is 0 Å². The lowest BCUT2D eigenvalue weighted by Crippen LogP contribution is -2.09. The van der Waals surface area contributed by atoms with E-state index in [2.05, 4.69) is 19.9 Å². The third kappa shape index (κ3) is 2.60. The molecule has 9 heteroatoms. The Morgan fingerprint density at radius 2 is 2.12 bits per heavy atom. The van der Waals surface area contributed by atoms with Crippen molar-refractivity contribution in [3.63, 3.8) is 0 Å². The SMILES string of the molecule is Cc1nonc1-c1nc2c(F)c(F)ccc2n1CC(=N)/C=C\C=N. The van der Waals surface area contributed by atoms with Gasteiger partial charge in [0.1, 0.15) is 11.2 Å². The molecule has 24 heavy (non-hydrogen) atoms. The van der Waals surface area contributed by atoms with Gasteiger partial charge in [0.25, 0.3) is 0 Å². The first-order valence-electron chi connectivity index (χ1n) is 6.91. The second-order valence-electron chi connectivity index (χ2n) is 5.00. The molecule has 0 aliphatic heterocycles. The van der Waals surface area contributed by atoms with Gasteiger partial charge in [0.15, 0.2) is 23.2 Å². The predicted octanol–water partition coefficient (Wildman–Crippen LogP) is 2.90. The number of nitrogens with one attached hydrogen (secondary N) is 2. The molecule has 2 heterocycles. The van der Waals surface area contributed by atoms with Crippen molar-refractivity contribution in [1.29, 1.82) is 10.8 Å². The molecule has 0 spiro atoms. The van der Waals surface area contributed by atoms with Crippen LogP contribution in [0.25, 0.3) is 22.6 Å². The summed E-state index contributed by atoms with van der Waals surface area (Å²) in [5.41, 5.74) is 1.04. The number of benzene rings is 1. The van der Waals surface area contributed by atoms with Crippen LogP contribution in [0.3, 0.4) is 0 Å². The fraction of sp³-hybridized carbons (Fsp3) is 0.133. The van der Waals surface area contributed by atoms with Gasteiger partial charge in [-0.15, -0.1) is 0 Å². The maximum Gasteiger partial charge on any atom is 0.186 e. The summed E-state index contributed by atoms with van der Waals surface area (Å²) in [5.74, 6) is -1.85. The molecule has 0 radical (unpaired) electrons. The lowest BCUT2D eigenvalue weighted by molar-refractivity contribution is 0.305. The van der Waals surface area contributed by atoms with Crippen molar-refractivity contribution in [3.05, 3.63) is 41.6 Å². The van der Waals surface area contributed by atoms with Crippen LogP contribution in [0.2, 0.25) is 0 Å². The van der Waals surface area contributed by atoms with Gasteiger partial charge in [0, 0.05) is 6.21 Å². The van der Waals surface area contributed by atoms with Crippen molar-refractivity contribution in [2.24, 2.45) is 0 Å². The Labute approximate surface area is 134 Å². The van der Waals surface area contributed by atoms with Crippen LogP contribution < -0.4 is 0 Å². The second kappa shape index (κ2) is 6.11. The van der Waals surface area contributed by atoms with Gasteiger partial charge in [-0.3, -0.25) is 0 Å². The standard InChI is InChI=1S/C15H12F2N6O/c1-8-13(22-24-21-8)15-20-14-11(5-4-10(16)12(14)17)23(15)7-9(19)3-2-6-18/h2-6,18-19H,7H2,1H3/b3-2-,18-6?,19-9?. The number of aryl methyl sites for hydroxylation is 1. The monoisotopic (exact) mass is 330 g/mol. The Bertz CT molecular complexity index is 972. The first-order valence-corrected chi connectivity index (χ1v) is 6.91. The molecule has 2 aromatic heterocycles. The van der Waals surface area contributed by atoms with Crippen molar-refractivity contribution in [3.8, 4) is 11.5 Å². The van der Waals surface area contributed by atoms with Crippen LogP contribution in [0.5, 0.6) is 0 Å². The number of aromatic nitrogens is 4. The smallest absolute Gasteiger partial charge is 0.186 e. The Balaban J connectivity index is 2.22. The molecule has 0 saturated heterocycles. The molecule has 0 bridgehead atoms. The minimum Gasteiger partial charge on any atom is -0.316 e. The van der Waals surface area contributed by atoms with Gasteiger partial charge in [0.05, 0.1) is 17.8 Å². The molecule has 0 amide bonds. The third-order valence-electron chi connectivity index (χ3n) is 3.40.